The minimum Gasteiger partial charge on any atom is -0.363 e. The molecule has 0 aliphatic carbocycles. The van der Waals surface area contributed by atoms with Crippen molar-refractivity contribution in [3.63, 3.8) is 0 Å². The zero-order chi connectivity index (χ0) is 13.0. The number of thiocarbonyl (C=S) groups is 1. The largest absolute Gasteiger partial charge is 0.363 e. The lowest BCUT2D eigenvalue weighted by atomic mass is 10.1. The fourth-order valence-electron chi connectivity index (χ4n) is 2.73. The van der Waals surface area contributed by atoms with E-state index >= 15 is 0 Å². The minimum atomic E-state index is 0.430. The molecule has 0 aromatic carbocycles. The molecule has 18 heavy (non-hydrogen) atoms. The van der Waals surface area contributed by atoms with Crippen molar-refractivity contribution < 1.29 is 0 Å². The molecule has 1 atom stereocenters. The first-order valence-electron chi connectivity index (χ1n) is 6.89. The summed E-state index contributed by atoms with van der Waals surface area (Å²) in [6, 6.07) is 4.77. The van der Waals surface area contributed by atoms with Gasteiger partial charge in [0, 0.05) is 32.0 Å². The van der Waals surface area contributed by atoms with Crippen LogP contribution >= 0.6 is 12.2 Å². The highest BCUT2D eigenvalue weighted by Crippen LogP contribution is 2.30. The fourth-order valence-corrected chi connectivity index (χ4v) is 3.10. The van der Waals surface area contributed by atoms with Gasteiger partial charge in [-0.05, 0) is 44.1 Å². The molecular formula is C14H23N3S. The number of nitrogens with one attached hydrogen (secondary N) is 1. The summed E-state index contributed by atoms with van der Waals surface area (Å²) in [5, 5.41) is 4.21. The quantitative estimate of drug-likeness (QED) is 0.830. The van der Waals surface area contributed by atoms with Gasteiger partial charge in [-0.2, -0.15) is 0 Å². The molecule has 0 unspecified atom stereocenters. The van der Waals surface area contributed by atoms with Gasteiger partial charge in [-0.15, -0.1) is 0 Å². The fraction of sp³-hybridized carbons (Fsp3) is 0.643. The molecule has 1 fully saturated rings. The van der Waals surface area contributed by atoms with E-state index in [9.17, 15) is 0 Å². The van der Waals surface area contributed by atoms with Gasteiger partial charge >= 0.3 is 0 Å². The lowest BCUT2D eigenvalue weighted by molar-refractivity contribution is 0.307. The maximum absolute atomic E-state index is 5.53. The molecule has 0 saturated carbocycles. The lowest BCUT2D eigenvalue weighted by Gasteiger charge is -2.32. The van der Waals surface area contributed by atoms with Crippen molar-refractivity contribution in [1.82, 2.24) is 14.8 Å². The Balaban J connectivity index is 2.22. The summed E-state index contributed by atoms with van der Waals surface area (Å²) in [4.78, 5) is 2.38. The van der Waals surface area contributed by atoms with Crippen LogP contribution in [0.25, 0.3) is 0 Å². The molecule has 2 rings (SSSR count). The molecule has 0 radical (unpaired) electrons. The Labute approximate surface area is 115 Å². The average Bonchev–Trinajstić information content (AvgIpc) is 2.64. The minimum absolute atomic E-state index is 0.430. The third kappa shape index (κ3) is 2.86. The van der Waals surface area contributed by atoms with Gasteiger partial charge in [-0.3, -0.25) is 0 Å². The van der Waals surface area contributed by atoms with Gasteiger partial charge in [0.15, 0.2) is 5.11 Å². The van der Waals surface area contributed by atoms with E-state index in [0.29, 0.717) is 6.04 Å². The lowest BCUT2D eigenvalue weighted by Crippen LogP contribution is -2.42. The van der Waals surface area contributed by atoms with Gasteiger partial charge in [0.1, 0.15) is 0 Å². The maximum Gasteiger partial charge on any atom is 0.169 e. The van der Waals surface area contributed by atoms with Crippen molar-refractivity contribution in [3.05, 3.63) is 24.0 Å². The molecule has 1 aromatic rings. The van der Waals surface area contributed by atoms with Crippen molar-refractivity contribution in [2.75, 3.05) is 13.1 Å². The highest BCUT2D eigenvalue weighted by Gasteiger charge is 2.25. The van der Waals surface area contributed by atoms with Gasteiger partial charge in [-0.1, -0.05) is 12.8 Å². The van der Waals surface area contributed by atoms with Crippen LogP contribution in [0.4, 0.5) is 0 Å². The van der Waals surface area contributed by atoms with Crippen LogP contribution in [0.1, 0.15) is 44.3 Å². The zero-order valence-corrected chi connectivity index (χ0v) is 12.2. The second-order valence-corrected chi connectivity index (χ2v) is 5.32. The molecule has 4 heteroatoms. The van der Waals surface area contributed by atoms with Crippen molar-refractivity contribution in [1.29, 1.82) is 0 Å². The molecule has 1 aliphatic rings. The highest BCUT2D eigenvalue weighted by atomic mass is 32.1. The first-order valence-corrected chi connectivity index (χ1v) is 7.30. The van der Waals surface area contributed by atoms with Crippen LogP contribution in [0.5, 0.6) is 0 Å². The number of hydrogen-bond acceptors (Lipinski definition) is 1. The third-order valence-corrected chi connectivity index (χ3v) is 4.05. The van der Waals surface area contributed by atoms with Crippen LogP contribution in [-0.4, -0.2) is 27.7 Å². The average molecular weight is 265 g/mol. The maximum atomic E-state index is 5.53. The van der Waals surface area contributed by atoms with E-state index in [2.05, 4.69) is 47.1 Å². The molecule has 0 bridgehead atoms. The molecule has 1 aliphatic heterocycles. The van der Waals surface area contributed by atoms with Crippen LogP contribution in [0.2, 0.25) is 0 Å². The molecule has 1 saturated heterocycles. The van der Waals surface area contributed by atoms with E-state index in [1.165, 1.54) is 31.4 Å². The topological polar surface area (TPSA) is 20.2 Å². The third-order valence-electron chi connectivity index (χ3n) is 3.67. The normalized spacial score (nSPS) is 20.6. The van der Waals surface area contributed by atoms with Gasteiger partial charge < -0.3 is 14.8 Å². The van der Waals surface area contributed by atoms with Crippen LogP contribution < -0.4 is 5.32 Å². The smallest absolute Gasteiger partial charge is 0.169 e. The molecular weight excluding hydrogens is 242 g/mol. The SMILES string of the molecule is CCNC(=S)N1CCCCC[C@H]1c1cccn1C. The standard InChI is InChI=1S/C14H23N3S/c1-3-15-14(18)17-11-6-4-5-8-13(17)12-9-7-10-16(12)2/h7,9-10,13H,3-6,8,11H2,1-2H3,(H,15,18)/t13-/m0/s1. The number of aromatic nitrogens is 1. The molecule has 1 N–H and O–H groups in total. The second-order valence-electron chi connectivity index (χ2n) is 4.94. The zero-order valence-electron chi connectivity index (χ0n) is 11.4. The van der Waals surface area contributed by atoms with Crippen molar-refractivity contribution >= 4 is 17.3 Å². The van der Waals surface area contributed by atoms with Crippen LogP contribution in [-0.2, 0) is 7.05 Å². The summed E-state index contributed by atoms with van der Waals surface area (Å²) in [7, 11) is 2.12. The summed E-state index contributed by atoms with van der Waals surface area (Å²) >= 11 is 5.53. The number of aryl methyl sites for hydroxylation is 1. The van der Waals surface area contributed by atoms with Crippen molar-refractivity contribution in [3.8, 4) is 0 Å². The molecule has 2 heterocycles. The second kappa shape index (κ2) is 6.23. The van der Waals surface area contributed by atoms with Gasteiger partial charge in [-0.25, -0.2) is 0 Å². The predicted octanol–water partition coefficient (Wildman–Crippen LogP) is 2.84. The summed E-state index contributed by atoms with van der Waals surface area (Å²) in [6.45, 7) is 4.07. The first-order chi connectivity index (χ1) is 8.74. The van der Waals surface area contributed by atoms with E-state index in [1.807, 2.05) is 0 Å². The Morgan fingerprint density at radius 2 is 2.28 bits per heavy atom. The molecule has 1 aromatic heterocycles. The molecule has 0 amide bonds. The number of hydrogen-bond donors (Lipinski definition) is 1. The van der Waals surface area contributed by atoms with E-state index < -0.39 is 0 Å². The van der Waals surface area contributed by atoms with Crippen molar-refractivity contribution in [2.45, 2.75) is 38.6 Å². The Hall–Kier alpha value is -1.03. The van der Waals surface area contributed by atoms with Crippen LogP contribution in [0, 0.1) is 0 Å². The molecule has 0 spiro atoms. The Morgan fingerprint density at radius 1 is 1.44 bits per heavy atom. The first kappa shape index (κ1) is 13.4. The Bertz CT molecular complexity index is 399. The number of nitrogens with zero attached hydrogens (tertiary/aromatic N) is 2. The van der Waals surface area contributed by atoms with Gasteiger partial charge in [0.2, 0.25) is 0 Å². The van der Waals surface area contributed by atoms with E-state index in [0.717, 1.165) is 18.2 Å². The summed E-state index contributed by atoms with van der Waals surface area (Å²) in [5.41, 5.74) is 1.37. The number of likely N-dealkylation sites (tertiary alicyclic amines) is 1. The van der Waals surface area contributed by atoms with Gasteiger partial charge in [0.25, 0.3) is 0 Å². The predicted molar refractivity (Wildman–Crippen MR) is 79.6 cm³/mol. The highest BCUT2D eigenvalue weighted by molar-refractivity contribution is 7.80. The van der Waals surface area contributed by atoms with Crippen LogP contribution in [0.3, 0.4) is 0 Å². The van der Waals surface area contributed by atoms with Crippen molar-refractivity contribution in [2.24, 2.45) is 7.05 Å². The molecule has 100 valence electrons. The monoisotopic (exact) mass is 265 g/mol. The van der Waals surface area contributed by atoms with E-state index in [4.69, 9.17) is 12.2 Å². The summed E-state index contributed by atoms with van der Waals surface area (Å²) < 4.78 is 2.22. The van der Waals surface area contributed by atoms with Gasteiger partial charge in [0.05, 0.1) is 6.04 Å². The molecule has 3 nitrogen and oxygen atoms in total. The Kier molecular flexibility index (Phi) is 4.64. The Morgan fingerprint density at radius 3 is 2.94 bits per heavy atom. The summed E-state index contributed by atoms with van der Waals surface area (Å²) in [5.74, 6) is 0. The number of rotatable bonds is 2. The summed E-state index contributed by atoms with van der Waals surface area (Å²) in [6.07, 6.45) is 7.16. The van der Waals surface area contributed by atoms with E-state index in [1.54, 1.807) is 0 Å². The van der Waals surface area contributed by atoms with E-state index in [-0.39, 0.29) is 0 Å². The van der Waals surface area contributed by atoms with Crippen LogP contribution in [0.15, 0.2) is 18.3 Å².